The van der Waals surface area contributed by atoms with Crippen molar-refractivity contribution in [1.29, 1.82) is 0 Å². The maximum absolute atomic E-state index is 6.70. The van der Waals surface area contributed by atoms with Crippen molar-refractivity contribution in [3.05, 3.63) is 0 Å². The number of unbranched alkanes of at least 4 members (excludes halogenated alkanes) is 7. The summed E-state index contributed by atoms with van der Waals surface area (Å²) >= 11 is 13.4. The molecule has 1 aliphatic carbocycles. The zero-order chi connectivity index (χ0) is 14.0. The Kier molecular flexibility index (Phi) is 9.88. The zero-order valence-corrected chi connectivity index (χ0v) is 15.2. The SMILES string of the molecule is CCCCCCCCCC[Si](Cl)(Cl)C1CCCCC1. The fourth-order valence-corrected chi connectivity index (χ4v) is 7.72. The van der Waals surface area contributed by atoms with Crippen molar-refractivity contribution in [3.63, 3.8) is 0 Å². The number of hydrogen-bond donors (Lipinski definition) is 0. The molecule has 0 aromatic carbocycles. The van der Waals surface area contributed by atoms with Gasteiger partial charge in [0.25, 0.3) is 6.69 Å². The molecular formula is C16H32Cl2Si. The average Bonchev–Trinajstić information content (AvgIpc) is 2.43. The molecule has 0 aromatic rings. The summed E-state index contributed by atoms with van der Waals surface area (Å²) in [6.45, 7) is 0.335. The van der Waals surface area contributed by atoms with Crippen LogP contribution in [0.4, 0.5) is 0 Å². The largest absolute Gasteiger partial charge is 0.254 e. The van der Waals surface area contributed by atoms with E-state index in [0.717, 1.165) is 6.04 Å². The Morgan fingerprint density at radius 2 is 1.32 bits per heavy atom. The van der Waals surface area contributed by atoms with Gasteiger partial charge in [0.2, 0.25) is 0 Å². The molecular weight excluding hydrogens is 291 g/mol. The minimum Gasteiger partial charge on any atom is -0.146 e. The van der Waals surface area contributed by atoms with Gasteiger partial charge in [0.1, 0.15) is 0 Å². The number of hydrogen-bond acceptors (Lipinski definition) is 0. The Hall–Kier alpha value is 0.797. The molecule has 3 heteroatoms. The molecule has 0 saturated heterocycles. The van der Waals surface area contributed by atoms with E-state index in [1.165, 1.54) is 83.5 Å². The van der Waals surface area contributed by atoms with Crippen LogP contribution in [0.25, 0.3) is 0 Å². The summed E-state index contributed by atoms with van der Waals surface area (Å²) in [4.78, 5) is 0. The topological polar surface area (TPSA) is 0 Å². The lowest BCUT2D eigenvalue weighted by Gasteiger charge is -2.30. The van der Waals surface area contributed by atoms with Crippen molar-refractivity contribution in [2.24, 2.45) is 0 Å². The predicted molar refractivity (Wildman–Crippen MR) is 91.7 cm³/mol. The minimum absolute atomic E-state index is 0.689. The van der Waals surface area contributed by atoms with E-state index in [-0.39, 0.29) is 0 Å². The van der Waals surface area contributed by atoms with E-state index in [1.54, 1.807) is 0 Å². The molecule has 114 valence electrons. The van der Waals surface area contributed by atoms with Gasteiger partial charge in [-0.05, 0) is 11.6 Å². The first-order chi connectivity index (χ1) is 9.17. The van der Waals surface area contributed by atoms with Crippen LogP contribution in [-0.2, 0) is 0 Å². The molecule has 0 bridgehead atoms. The fourth-order valence-electron chi connectivity index (χ4n) is 3.22. The Bertz CT molecular complexity index is 213. The summed E-state index contributed by atoms with van der Waals surface area (Å²) in [5, 5.41) is 0. The van der Waals surface area contributed by atoms with Crippen molar-refractivity contribution in [3.8, 4) is 0 Å². The number of rotatable bonds is 10. The summed E-state index contributed by atoms with van der Waals surface area (Å²) in [7, 11) is 0. The molecule has 0 atom stereocenters. The van der Waals surface area contributed by atoms with Crippen molar-refractivity contribution < 1.29 is 0 Å². The first-order valence-corrected chi connectivity index (χ1v) is 12.9. The van der Waals surface area contributed by atoms with Crippen molar-refractivity contribution >= 4 is 28.9 Å². The highest BCUT2D eigenvalue weighted by Gasteiger charge is 2.38. The van der Waals surface area contributed by atoms with Gasteiger partial charge in [-0.25, -0.2) is 0 Å². The molecule has 0 N–H and O–H groups in total. The second-order valence-electron chi connectivity index (χ2n) is 6.32. The molecule has 0 heterocycles. The summed E-state index contributed by atoms with van der Waals surface area (Å²) in [6.07, 6.45) is 17.7. The van der Waals surface area contributed by atoms with E-state index in [9.17, 15) is 0 Å². The molecule has 0 nitrogen and oxygen atoms in total. The summed E-state index contributed by atoms with van der Waals surface area (Å²) in [5.74, 6) is 0. The molecule has 1 saturated carbocycles. The number of halogens is 2. The molecule has 0 amide bonds. The monoisotopic (exact) mass is 322 g/mol. The lowest BCUT2D eigenvalue weighted by atomic mass is 10.0. The van der Waals surface area contributed by atoms with Gasteiger partial charge in [0.15, 0.2) is 0 Å². The minimum atomic E-state index is -1.94. The third kappa shape index (κ3) is 7.97. The fraction of sp³-hybridized carbons (Fsp3) is 1.00. The molecule has 19 heavy (non-hydrogen) atoms. The van der Waals surface area contributed by atoms with Gasteiger partial charge in [0, 0.05) is 0 Å². The predicted octanol–water partition coefficient (Wildman–Crippen LogP) is 7.38. The van der Waals surface area contributed by atoms with Gasteiger partial charge in [-0.2, -0.15) is 0 Å². The standard InChI is InChI=1S/C16H32Cl2Si/c1-2-3-4-5-6-7-8-12-15-19(17,18)16-13-10-9-11-14-16/h16H,2-15H2,1H3. The molecule has 1 fully saturated rings. The zero-order valence-electron chi connectivity index (χ0n) is 12.7. The van der Waals surface area contributed by atoms with Crippen LogP contribution in [0.1, 0.15) is 90.4 Å². The molecule has 0 spiro atoms. The Morgan fingerprint density at radius 1 is 0.789 bits per heavy atom. The van der Waals surface area contributed by atoms with Crippen molar-refractivity contribution in [2.45, 2.75) is 102 Å². The first kappa shape index (κ1) is 17.8. The van der Waals surface area contributed by atoms with Gasteiger partial charge in [-0.15, -0.1) is 22.2 Å². The van der Waals surface area contributed by atoms with E-state index in [1.807, 2.05) is 0 Å². The van der Waals surface area contributed by atoms with E-state index in [2.05, 4.69) is 6.92 Å². The lowest BCUT2D eigenvalue weighted by molar-refractivity contribution is 0.495. The van der Waals surface area contributed by atoms with E-state index < -0.39 is 6.69 Å². The highest BCUT2D eigenvalue weighted by molar-refractivity contribution is 7.46. The van der Waals surface area contributed by atoms with Crippen LogP contribution in [0.2, 0.25) is 11.6 Å². The molecule has 1 rings (SSSR count). The van der Waals surface area contributed by atoms with Crippen LogP contribution in [0, 0.1) is 0 Å². The normalized spacial score (nSPS) is 17.8. The third-order valence-corrected chi connectivity index (χ3v) is 10.3. The quantitative estimate of drug-likeness (QED) is 0.223. The second kappa shape index (κ2) is 10.5. The Balaban J connectivity index is 2.00. The van der Waals surface area contributed by atoms with Gasteiger partial charge in [0.05, 0.1) is 0 Å². The molecule has 0 aromatic heterocycles. The Morgan fingerprint density at radius 3 is 1.89 bits per heavy atom. The molecule has 0 radical (unpaired) electrons. The van der Waals surface area contributed by atoms with E-state index >= 15 is 0 Å². The van der Waals surface area contributed by atoms with Crippen molar-refractivity contribution in [1.82, 2.24) is 0 Å². The van der Waals surface area contributed by atoms with Crippen LogP contribution in [0.15, 0.2) is 0 Å². The van der Waals surface area contributed by atoms with Crippen LogP contribution in [0.3, 0.4) is 0 Å². The van der Waals surface area contributed by atoms with Crippen LogP contribution < -0.4 is 0 Å². The van der Waals surface area contributed by atoms with Gasteiger partial charge < -0.3 is 0 Å². The maximum Gasteiger partial charge on any atom is 0.254 e. The smallest absolute Gasteiger partial charge is 0.146 e. The maximum atomic E-state index is 6.70. The molecule has 1 aliphatic rings. The lowest BCUT2D eigenvalue weighted by Crippen LogP contribution is -2.28. The summed E-state index contributed by atoms with van der Waals surface area (Å²) in [6, 6.07) is 1.13. The summed E-state index contributed by atoms with van der Waals surface area (Å²) < 4.78 is 0. The third-order valence-electron chi connectivity index (χ3n) is 4.57. The molecule has 0 unspecified atom stereocenters. The highest BCUT2D eigenvalue weighted by atomic mass is 35.7. The summed E-state index contributed by atoms with van der Waals surface area (Å²) in [5.41, 5.74) is 0.689. The Labute approximate surface area is 131 Å². The molecule has 0 aliphatic heterocycles. The van der Waals surface area contributed by atoms with Gasteiger partial charge in [-0.3, -0.25) is 0 Å². The van der Waals surface area contributed by atoms with Gasteiger partial charge >= 0.3 is 0 Å². The second-order valence-corrected chi connectivity index (χ2v) is 13.8. The average molecular weight is 323 g/mol. The highest BCUT2D eigenvalue weighted by Crippen LogP contribution is 2.44. The van der Waals surface area contributed by atoms with Gasteiger partial charge in [-0.1, -0.05) is 90.4 Å². The van der Waals surface area contributed by atoms with E-state index in [0.29, 0.717) is 5.54 Å². The van der Waals surface area contributed by atoms with Crippen LogP contribution >= 0.6 is 22.2 Å². The first-order valence-electron chi connectivity index (χ1n) is 8.54. The van der Waals surface area contributed by atoms with Crippen LogP contribution in [-0.4, -0.2) is 6.69 Å². The van der Waals surface area contributed by atoms with Crippen LogP contribution in [0.5, 0.6) is 0 Å². The van der Waals surface area contributed by atoms with Crippen molar-refractivity contribution in [2.75, 3.05) is 0 Å². The van der Waals surface area contributed by atoms with E-state index in [4.69, 9.17) is 22.2 Å².